The van der Waals surface area contributed by atoms with Crippen LogP contribution in [0.5, 0.6) is 0 Å². The van der Waals surface area contributed by atoms with Gasteiger partial charge in [0.1, 0.15) is 11.5 Å². The molecule has 0 saturated heterocycles. The second-order valence-electron chi connectivity index (χ2n) is 8.82. The molecule has 0 amide bonds. The average molecular weight is 402 g/mol. The van der Waals surface area contributed by atoms with Crippen molar-refractivity contribution < 1.29 is 28.6 Å². The molecule has 0 aromatic heterocycles. The highest BCUT2D eigenvalue weighted by Crippen LogP contribution is 2.62. The standard InChI is InChI=1S/C23H30O6/c1-14-6-9-18-22(3,17(14)8-7-16-11-13-28-20(16)25)12-10-19(29-15(2)24)23(18,4)21(26)27-5/h7,11,13,17-19H,1,6,8-10,12H2,2-5H3/b16-7+/t17-,18+,19-,22+,23+/m1/s1. The predicted octanol–water partition coefficient (Wildman–Crippen LogP) is 3.87. The minimum Gasteiger partial charge on any atom is -0.468 e. The molecule has 158 valence electrons. The lowest BCUT2D eigenvalue weighted by atomic mass is 9.46. The number of ether oxygens (including phenoxy) is 3. The van der Waals surface area contributed by atoms with Gasteiger partial charge < -0.3 is 14.2 Å². The molecule has 1 aliphatic heterocycles. The number of allylic oxidation sites excluding steroid dienone is 2. The number of cyclic esters (lactones) is 1. The highest BCUT2D eigenvalue weighted by atomic mass is 16.6. The van der Waals surface area contributed by atoms with Gasteiger partial charge in [0.25, 0.3) is 0 Å². The van der Waals surface area contributed by atoms with Crippen LogP contribution in [0, 0.1) is 22.7 Å². The van der Waals surface area contributed by atoms with Gasteiger partial charge >= 0.3 is 17.9 Å². The molecule has 0 radical (unpaired) electrons. The molecule has 0 bridgehead atoms. The van der Waals surface area contributed by atoms with Gasteiger partial charge in [-0.2, -0.15) is 0 Å². The molecule has 0 aromatic carbocycles. The number of fused-ring (bicyclic) bond motifs is 1. The van der Waals surface area contributed by atoms with E-state index >= 15 is 0 Å². The number of hydrogen-bond donors (Lipinski definition) is 0. The third kappa shape index (κ3) is 3.53. The molecule has 1 heterocycles. The quantitative estimate of drug-likeness (QED) is 0.307. The van der Waals surface area contributed by atoms with Crippen LogP contribution in [-0.4, -0.2) is 31.1 Å². The van der Waals surface area contributed by atoms with E-state index in [-0.39, 0.29) is 35.2 Å². The van der Waals surface area contributed by atoms with Gasteiger partial charge in [0.2, 0.25) is 0 Å². The number of rotatable bonds is 4. The minimum atomic E-state index is -0.925. The van der Waals surface area contributed by atoms with Crippen LogP contribution in [0.15, 0.2) is 36.1 Å². The summed E-state index contributed by atoms with van der Waals surface area (Å²) in [5.74, 6) is -0.988. The second kappa shape index (κ2) is 7.81. The normalized spacial score (nSPS) is 37.8. The zero-order chi connectivity index (χ0) is 21.4. The fraction of sp³-hybridized carbons (Fsp3) is 0.609. The summed E-state index contributed by atoms with van der Waals surface area (Å²) in [4.78, 5) is 36.4. The van der Waals surface area contributed by atoms with Crippen molar-refractivity contribution in [2.75, 3.05) is 7.11 Å². The summed E-state index contributed by atoms with van der Waals surface area (Å²) in [7, 11) is 1.38. The van der Waals surface area contributed by atoms with E-state index < -0.39 is 11.5 Å². The Kier molecular flexibility index (Phi) is 5.74. The molecule has 0 aromatic rings. The Morgan fingerprint density at radius 3 is 2.66 bits per heavy atom. The van der Waals surface area contributed by atoms with Crippen LogP contribution in [0.25, 0.3) is 0 Å². The fourth-order valence-electron chi connectivity index (χ4n) is 5.86. The molecule has 2 fully saturated rings. The van der Waals surface area contributed by atoms with Gasteiger partial charge in [-0.3, -0.25) is 9.59 Å². The molecule has 2 saturated carbocycles. The van der Waals surface area contributed by atoms with Gasteiger partial charge in [0.05, 0.1) is 18.9 Å². The first kappa shape index (κ1) is 21.3. The SMILES string of the molecule is C=C1CC[C@H]2[C@@](C)(CC[C@@H](OC(C)=O)[C@@]2(C)C(=O)OC)[C@@H]1C/C=C1\C=COC1=O. The van der Waals surface area contributed by atoms with Crippen LogP contribution in [0.4, 0.5) is 0 Å². The fourth-order valence-corrected chi connectivity index (χ4v) is 5.86. The summed E-state index contributed by atoms with van der Waals surface area (Å²) in [5.41, 5.74) is 0.533. The molecule has 3 aliphatic rings. The Labute approximate surface area is 172 Å². The number of carbonyl (C=O) groups is 3. The molecule has 3 rings (SSSR count). The first-order valence-corrected chi connectivity index (χ1v) is 10.2. The number of carbonyl (C=O) groups excluding carboxylic acids is 3. The topological polar surface area (TPSA) is 78.9 Å². The van der Waals surface area contributed by atoms with Crippen molar-refractivity contribution in [2.24, 2.45) is 22.7 Å². The van der Waals surface area contributed by atoms with E-state index in [4.69, 9.17) is 14.2 Å². The van der Waals surface area contributed by atoms with E-state index in [1.54, 1.807) is 6.08 Å². The van der Waals surface area contributed by atoms with E-state index in [0.29, 0.717) is 18.4 Å². The Bertz CT molecular complexity index is 793. The molecular weight excluding hydrogens is 372 g/mol. The molecule has 5 atom stereocenters. The van der Waals surface area contributed by atoms with E-state index in [1.807, 2.05) is 13.0 Å². The van der Waals surface area contributed by atoms with Gasteiger partial charge in [0.15, 0.2) is 0 Å². The number of methoxy groups -OCH3 is 1. The van der Waals surface area contributed by atoms with Crippen LogP contribution in [0.2, 0.25) is 0 Å². The van der Waals surface area contributed by atoms with Crippen LogP contribution in [0.3, 0.4) is 0 Å². The summed E-state index contributed by atoms with van der Waals surface area (Å²) in [6.07, 6.45) is 8.07. The summed E-state index contributed by atoms with van der Waals surface area (Å²) in [6.45, 7) is 9.75. The van der Waals surface area contributed by atoms with Crippen molar-refractivity contribution >= 4 is 17.9 Å². The summed E-state index contributed by atoms with van der Waals surface area (Å²) in [6, 6.07) is 0. The molecule has 6 heteroatoms. The lowest BCUT2D eigenvalue weighted by Gasteiger charge is -2.59. The van der Waals surface area contributed by atoms with Crippen molar-refractivity contribution in [1.82, 2.24) is 0 Å². The maximum Gasteiger partial charge on any atom is 0.342 e. The highest BCUT2D eigenvalue weighted by molar-refractivity contribution is 5.94. The minimum absolute atomic E-state index is 0.0273. The average Bonchev–Trinajstić information content (AvgIpc) is 3.07. The first-order valence-electron chi connectivity index (χ1n) is 10.2. The van der Waals surface area contributed by atoms with Crippen molar-refractivity contribution in [3.05, 3.63) is 36.1 Å². The number of esters is 3. The third-order valence-corrected chi connectivity index (χ3v) is 7.34. The Balaban J connectivity index is 1.96. The Morgan fingerprint density at radius 1 is 1.34 bits per heavy atom. The second-order valence-corrected chi connectivity index (χ2v) is 8.82. The largest absolute Gasteiger partial charge is 0.468 e. The smallest absolute Gasteiger partial charge is 0.342 e. The van der Waals surface area contributed by atoms with Gasteiger partial charge in [0, 0.05) is 6.92 Å². The zero-order valence-corrected chi connectivity index (χ0v) is 17.7. The molecule has 29 heavy (non-hydrogen) atoms. The molecule has 0 N–H and O–H groups in total. The Morgan fingerprint density at radius 2 is 2.07 bits per heavy atom. The molecule has 0 unspecified atom stereocenters. The van der Waals surface area contributed by atoms with Crippen LogP contribution in [-0.2, 0) is 28.6 Å². The van der Waals surface area contributed by atoms with Gasteiger partial charge in [-0.25, -0.2) is 4.79 Å². The maximum atomic E-state index is 13.0. The maximum absolute atomic E-state index is 13.0. The van der Waals surface area contributed by atoms with E-state index in [0.717, 1.165) is 24.8 Å². The summed E-state index contributed by atoms with van der Waals surface area (Å²) < 4.78 is 15.7. The van der Waals surface area contributed by atoms with Gasteiger partial charge in [-0.15, -0.1) is 0 Å². The van der Waals surface area contributed by atoms with Gasteiger partial charge in [-0.05, 0) is 62.4 Å². The van der Waals surface area contributed by atoms with E-state index in [9.17, 15) is 14.4 Å². The van der Waals surface area contributed by atoms with Gasteiger partial charge in [-0.1, -0.05) is 25.2 Å². The van der Waals surface area contributed by atoms with E-state index in [1.165, 1.54) is 20.3 Å². The molecule has 2 aliphatic carbocycles. The van der Waals surface area contributed by atoms with Crippen LogP contribution >= 0.6 is 0 Å². The van der Waals surface area contributed by atoms with Crippen molar-refractivity contribution in [3.8, 4) is 0 Å². The Hall–Kier alpha value is -2.37. The molecule has 0 spiro atoms. The molecular formula is C23H30O6. The monoisotopic (exact) mass is 402 g/mol. The zero-order valence-electron chi connectivity index (χ0n) is 17.7. The third-order valence-electron chi connectivity index (χ3n) is 7.34. The summed E-state index contributed by atoms with van der Waals surface area (Å²) >= 11 is 0. The van der Waals surface area contributed by atoms with Crippen LogP contribution in [0.1, 0.15) is 52.9 Å². The molecule has 6 nitrogen and oxygen atoms in total. The highest BCUT2D eigenvalue weighted by Gasteiger charge is 2.62. The number of hydrogen-bond acceptors (Lipinski definition) is 6. The van der Waals surface area contributed by atoms with Crippen LogP contribution < -0.4 is 0 Å². The van der Waals surface area contributed by atoms with Crippen molar-refractivity contribution in [3.63, 3.8) is 0 Å². The lowest BCUT2D eigenvalue weighted by molar-refractivity contribution is -0.196. The predicted molar refractivity (Wildman–Crippen MR) is 106 cm³/mol. The van der Waals surface area contributed by atoms with Crippen molar-refractivity contribution in [1.29, 1.82) is 0 Å². The van der Waals surface area contributed by atoms with E-state index in [2.05, 4.69) is 13.5 Å². The lowest BCUT2D eigenvalue weighted by Crippen LogP contribution is -2.60. The summed E-state index contributed by atoms with van der Waals surface area (Å²) in [5, 5.41) is 0. The van der Waals surface area contributed by atoms with Crippen molar-refractivity contribution in [2.45, 2.75) is 59.0 Å². The first-order chi connectivity index (χ1) is 13.6.